The monoisotopic (exact) mass is 212 g/mol. The van der Waals surface area contributed by atoms with Crippen molar-refractivity contribution in [2.75, 3.05) is 0 Å². The van der Waals surface area contributed by atoms with Crippen LogP contribution < -0.4 is 0 Å². The van der Waals surface area contributed by atoms with Gasteiger partial charge in [-0.05, 0) is 29.5 Å². The van der Waals surface area contributed by atoms with Crippen molar-refractivity contribution in [3.63, 3.8) is 0 Å². The third kappa shape index (κ3) is 2.77. The molecule has 0 spiro atoms. The molecule has 0 radical (unpaired) electrons. The van der Waals surface area contributed by atoms with E-state index < -0.39 is 5.92 Å². The van der Waals surface area contributed by atoms with Crippen molar-refractivity contribution in [2.45, 2.75) is 46.0 Å². The van der Waals surface area contributed by atoms with E-state index in [1.165, 1.54) is 0 Å². The third-order valence-electron chi connectivity index (χ3n) is 2.58. The maximum Gasteiger partial charge on any atom is 0.270 e. The van der Waals surface area contributed by atoms with Gasteiger partial charge in [0.05, 0.1) is 0 Å². The van der Waals surface area contributed by atoms with Gasteiger partial charge in [0.25, 0.3) is 5.92 Å². The molecule has 0 aliphatic carbocycles. The largest absolute Gasteiger partial charge is 0.270 e. The first-order valence-electron chi connectivity index (χ1n) is 5.12. The lowest BCUT2D eigenvalue weighted by Crippen LogP contribution is -2.15. The predicted octanol–water partition coefficient (Wildman–Crippen LogP) is 4.40. The number of rotatable bonds is 1. The van der Waals surface area contributed by atoms with E-state index in [9.17, 15) is 8.78 Å². The average molecular weight is 212 g/mol. The maximum atomic E-state index is 13.3. The molecule has 0 aliphatic rings. The van der Waals surface area contributed by atoms with Crippen LogP contribution >= 0.6 is 0 Å². The molecule has 0 aliphatic heterocycles. The predicted molar refractivity (Wildman–Crippen MR) is 59.4 cm³/mol. The van der Waals surface area contributed by atoms with Gasteiger partial charge in [0.2, 0.25) is 0 Å². The Hall–Kier alpha value is -0.920. The molecule has 0 aromatic heterocycles. The zero-order chi connectivity index (χ0) is 11.9. The van der Waals surface area contributed by atoms with E-state index in [1.54, 1.807) is 19.1 Å². The molecule has 0 saturated heterocycles. The van der Waals surface area contributed by atoms with Gasteiger partial charge < -0.3 is 0 Å². The zero-order valence-corrected chi connectivity index (χ0v) is 9.99. The van der Waals surface area contributed by atoms with Crippen LogP contribution in [0.15, 0.2) is 18.2 Å². The highest BCUT2D eigenvalue weighted by atomic mass is 19.3. The first-order chi connectivity index (χ1) is 6.62. The fourth-order valence-electron chi connectivity index (χ4n) is 1.56. The second-order valence-corrected chi connectivity index (χ2v) is 5.17. The molecule has 0 fully saturated rings. The van der Waals surface area contributed by atoms with Crippen LogP contribution in [0.4, 0.5) is 8.78 Å². The molecular weight excluding hydrogens is 194 g/mol. The van der Waals surface area contributed by atoms with Gasteiger partial charge >= 0.3 is 0 Å². The van der Waals surface area contributed by atoms with Crippen molar-refractivity contribution in [1.29, 1.82) is 0 Å². The molecule has 0 N–H and O–H groups in total. The van der Waals surface area contributed by atoms with E-state index in [0.717, 1.165) is 12.5 Å². The van der Waals surface area contributed by atoms with Crippen LogP contribution in [0, 0.1) is 6.92 Å². The molecule has 0 amide bonds. The minimum Gasteiger partial charge on any atom is -0.202 e. The Kier molecular flexibility index (Phi) is 2.90. The number of aryl methyl sites for hydroxylation is 1. The Morgan fingerprint density at radius 2 is 1.53 bits per heavy atom. The molecular formula is C13H18F2. The highest BCUT2D eigenvalue weighted by molar-refractivity contribution is 5.36. The Morgan fingerprint density at radius 3 is 1.93 bits per heavy atom. The van der Waals surface area contributed by atoms with E-state index >= 15 is 0 Å². The lowest BCUT2D eigenvalue weighted by molar-refractivity contribution is 0.0167. The highest BCUT2D eigenvalue weighted by Gasteiger charge is 2.27. The topological polar surface area (TPSA) is 0 Å². The molecule has 15 heavy (non-hydrogen) atoms. The second-order valence-electron chi connectivity index (χ2n) is 5.17. The fraction of sp³-hybridized carbons (Fsp3) is 0.538. The average Bonchev–Trinajstić information content (AvgIpc) is 2.00. The summed E-state index contributed by atoms with van der Waals surface area (Å²) >= 11 is 0. The smallest absolute Gasteiger partial charge is 0.202 e. The van der Waals surface area contributed by atoms with E-state index in [0.29, 0.717) is 5.56 Å². The standard InChI is InChI=1S/C13H18F2/c1-9-6-7-10(12(2,3)4)8-11(9)13(5,14)15/h6-8H,1-5H3. The molecule has 0 heterocycles. The van der Waals surface area contributed by atoms with Crippen LogP contribution in [-0.4, -0.2) is 0 Å². The van der Waals surface area contributed by atoms with Crippen LogP contribution in [0.25, 0.3) is 0 Å². The van der Waals surface area contributed by atoms with E-state index in [4.69, 9.17) is 0 Å². The normalized spacial score (nSPS) is 13.0. The Morgan fingerprint density at radius 1 is 1.00 bits per heavy atom. The SMILES string of the molecule is Cc1ccc(C(C)(C)C)cc1C(C)(F)F. The number of alkyl halides is 2. The summed E-state index contributed by atoms with van der Waals surface area (Å²) in [5.74, 6) is -2.76. The Labute approximate surface area is 90.3 Å². The molecule has 0 atom stereocenters. The summed E-state index contributed by atoms with van der Waals surface area (Å²) in [5.41, 5.74) is 1.64. The third-order valence-corrected chi connectivity index (χ3v) is 2.58. The van der Waals surface area contributed by atoms with Gasteiger partial charge in [-0.15, -0.1) is 0 Å². The first-order valence-corrected chi connectivity index (χ1v) is 5.12. The summed E-state index contributed by atoms with van der Waals surface area (Å²) in [5, 5.41) is 0. The maximum absolute atomic E-state index is 13.3. The lowest BCUT2D eigenvalue weighted by atomic mass is 9.84. The minimum absolute atomic E-state index is 0.0896. The van der Waals surface area contributed by atoms with Crippen LogP contribution in [0.1, 0.15) is 44.4 Å². The number of hydrogen-bond donors (Lipinski definition) is 0. The minimum atomic E-state index is -2.76. The van der Waals surface area contributed by atoms with Gasteiger partial charge in [-0.2, -0.15) is 0 Å². The molecule has 0 saturated carbocycles. The van der Waals surface area contributed by atoms with Crippen molar-refractivity contribution >= 4 is 0 Å². The summed E-state index contributed by atoms with van der Waals surface area (Å²) in [6.07, 6.45) is 0. The van der Waals surface area contributed by atoms with Gasteiger partial charge in [-0.25, -0.2) is 8.78 Å². The number of hydrogen-bond acceptors (Lipinski definition) is 0. The number of benzene rings is 1. The van der Waals surface area contributed by atoms with Crippen molar-refractivity contribution in [3.8, 4) is 0 Å². The molecule has 1 aromatic rings. The van der Waals surface area contributed by atoms with E-state index in [-0.39, 0.29) is 11.0 Å². The lowest BCUT2D eigenvalue weighted by Gasteiger charge is -2.22. The summed E-state index contributed by atoms with van der Waals surface area (Å²) in [4.78, 5) is 0. The fourth-order valence-corrected chi connectivity index (χ4v) is 1.56. The van der Waals surface area contributed by atoms with Gasteiger partial charge in [0.15, 0.2) is 0 Å². The highest BCUT2D eigenvalue weighted by Crippen LogP contribution is 2.33. The molecule has 0 bridgehead atoms. The van der Waals surface area contributed by atoms with Crippen LogP contribution in [-0.2, 0) is 11.3 Å². The number of halogens is 2. The van der Waals surface area contributed by atoms with E-state index in [1.807, 2.05) is 26.8 Å². The quantitative estimate of drug-likeness (QED) is 0.647. The van der Waals surface area contributed by atoms with Crippen molar-refractivity contribution in [2.24, 2.45) is 0 Å². The van der Waals surface area contributed by atoms with Gasteiger partial charge in [0.1, 0.15) is 0 Å². The summed E-state index contributed by atoms with van der Waals surface area (Å²) < 4.78 is 26.6. The Balaban J connectivity index is 3.30. The van der Waals surface area contributed by atoms with Crippen LogP contribution in [0.3, 0.4) is 0 Å². The van der Waals surface area contributed by atoms with Crippen LogP contribution in [0.2, 0.25) is 0 Å². The zero-order valence-electron chi connectivity index (χ0n) is 9.99. The molecule has 0 unspecified atom stereocenters. The molecule has 84 valence electrons. The molecule has 0 nitrogen and oxygen atoms in total. The second kappa shape index (κ2) is 3.58. The molecule has 1 rings (SSSR count). The van der Waals surface area contributed by atoms with Gasteiger partial charge in [-0.1, -0.05) is 32.9 Å². The van der Waals surface area contributed by atoms with Gasteiger partial charge in [0, 0.05) is 12.5 Å². The summed E-state index contributed by atoms with van der Waals surface area (Å²) in [6, 6.07) is 5.31. The van der Waals surface area contributed by atoms with Crippen LogP contribution in [0.5, 0.6) is 0 Å². The molecule has 2 heteroatoms. The van der Waals surface area contributed by atoms with E-state index in [2.05, 4.69) is 0 Å². The van der Waals surface area contributed by atoms with Crippen molar-refractivity contribution < 1.29 is 8.78 Å². The molecule has 1 aromatic carbocycles. The van der Waals surface area contributed by atoms with Crippen molar-refractivity contribution in [3.05, 3.63) is 34.9 Å². The summed E-state index contributed by atoms with van der Waals surface area (Å²) in [7, 11) is 0. The van der Waals surface area contributed by atoms with Gasteiger partial charge in [-0.3, -0.25) is 0 Å². The van der Waals surface area contributed by atoms with Crippen molar-refractivity contribution in [1.82, 2.24) is 0 Å². The first kappa shape index (κ1) is 12.2. The Bertz CT molecular complexity index is 354. The summed E-state index contributed by atoms with van der Waals surface area (Å²) in [6.45, 7) is 8.74.